The largest absolute Gasteiger partial charge is 0.476 e. The van der Waals surface area contributed by atoms with Crippen molar-refractivity contribution in [3.05, 3.63) is 60.0 Å². The number of carbonyl (C=O) groups is 2. The van der Waals surface area contributed by atoms with E-state index in [-0.39, 0.29) is 24.8 Å². The molecule has 3 heterocycles. The maximum atomic E-state index is 13.2. The number of fused-ring (bicyclic) bond motifs is 1. The fraction of sp³-hybridized carbons (Fsp3) is 0.360. The van der Waals surface area contributed by atoms with Crippen molar-refractivity contribution < 1.29 is 23.5 Å². The first kappa shape index (κ1) is 22.1. The number of amides is 2. The molecular formula is C25H26N4O5. The Morgan fingerprint density at radius 2 is 1.79 bits per heavy atom. The fourth-order valence-electron chi connectivity index (χ4n) is 4.10. The van der Waals surface area contributed by atoms with E-state index in [1.807, 2.05) is 49.4 Å². The van der Waals surface area contributed by atoms with Crippen LogP contribution in [0.5, 0.6) is 5.75 Å². The van der Waals surface area contributed by atoms with E-state index in [2.05, 4.69) is 10.2 Å². The molecule has 0 N–H and O–H groups in total. The van der Waals surface area contributed by atoms with Gasteiger partial charge in [0.15, 0.2) is 6.10 Å². The Bertz CT molecular complexity index is 1170. The van der Waals surface area contributed by atoms with Crippen molar-refractivity contribution in [3.8, 4) is 17.2 Å². The van der Waals surface area contributed by atoms with Gasteiger partial charge >= 0.3 is 0 Å². The number of carbonyl (C=O) groups excluding carboxylic acids is 2. The van der Waals surface area contributed by atoms with Gasteiger partial charge in [-0.1, -0.05) is 29.8 Å². The predicted octanol–water partition coefficient (Wildman–Crippen LogP) is 2.63. The minimum atomic E-state index is -0.756. The van der Waals surface area contributed by atoms with E-state index in [1.54, 1.807) is 15.9 Å². The standard InChI is InChI=1S/C25H26N4O5/c1-17-6-8-18(9-7-17)24-27-26-22(34-24)10-11-23(30)29-16-21(25(31)28-12-14-32-15-13-28)33-20-5-3-2-4-19(20)29/h2-9,21H,10-16H2,1H3. The lowest BCUT2D eigenvalue weighted by atomic mass is 10.1. The fourth-order valence-corrected chi connectivity index (χ4v) is 4.10. The van der Waals surface area contributed by atoms with Gasteiger partial charge in [-0.25, -0.2) is 0 Å². The lowest BCUT2D eigenvalue weighted by Gasteiger charge is -2.37. The molecule has 0 spiro atoms. The Hall–Kier alpha value is -3.72. The van der Waals surface area contributed by atoms with Crippen LogP contribution in [0.1, 0.15) is 17.9 Å². The van der Waals surface area contributed by atoms with E-state index in [0.29, 0.717) is 55.9 Å². The Morgan fingerprint density at radius 1 is 1.03 bits per heavy atom. The molecule has 0 radical (unpaired) electrons. The molecule has 9 heteroatoms. The van der Waals surface area contributed by atoms with Crippen molar-refractivity contribution in [1.29, 1.82) is 0 Å². The van der Waals surface area contributed by atoms with Crippen molar-refractivity contribution in [2.75, 3.05) is 37.7 Å². The van der Waals surface area contributed by atoms with Crippen molar-refractivity contribution in [2.24, 2.45) is 0 Å². The van der Waals surface area contributed by atoms with Crippen molar-refractivity contribution in [1.82, 2.24) is 15.1 Å². The third kappa shape index (κ3) is 4.65. The Labute approximate surface area is 197 Å². The van der Waals surface area contributed by atoms with Gasteiger partial charge in [0.05, 0.1) is 25.4 Å². The van der Waals surface area contributed by atoms with Crippen LogP contribution in [0.25, 0.3) is 11.5 Å². The van der Waals surface area contributed by atoms with Gasteiger partial charge in [0, 0.05) is 31.5 Å². The van der Waals surface area contributed by atoms with E-state index < -0.39 is 6.10 Å². The van der Waals surface area contributed by atoms with E-state index in [9.17, 15) is 9.59 Å². The van der Waals surface area contributed by atoms with Crippen LogP contribution in [-0.2, 0) is 20.7 Å². The number of benzene rings is 2. The second-order valence-electron chi connectivity index (χ2n) is 8.38. The summed E-state index contributed by atoms with van der Waals surface area (Å²) >= 11 is 0. The van der Waals surface area contributed by atoms with Crippen LogP contribution >= 0.6 is 0 Å². The highest BCUT2D eigenvalue weighted by molar-refractivity contribution is 5.97. The van der Waals surface area contributed by atoms with Gasteiger partial charge in [0.1, 0.15) is 5.75 Å². The number of aromatic nitrogens is 2. The van der Waals surface area contributed by atoms with Crippen LogP contribution in [-0.4, -0.2) is 65.9 Å². The summed E-state index contributed by atoms with van der Waals surface area (Å²) in [4.78, 5) is 29.6. The Balaban J connectivity index is 1.27. The van der Waals surface area contributed by atoms with Gasteiger partial charge in [-0.05, 0) is 31.2 Å². The second-order valence-corrected chi connectivity index (χ2v) is 8.38. The highest BCUT2D eigenvalue weighted by Gasteiger charge is 2.36. The minimum absolute atomic E-state index is 0.129. The zero-order valence-corrected chi connectivity index (χ0v) is 19.0. The van der Waals surface area contributed by atoms with Crippen LogP contribution in [0.2, 0.25) is 0 Å². The molecule has 1 aromatic heterocycles. The average Bonchev–Trinajstić information content (AvgIpc) is 3.36. The summed E-state index contributed by atoms with van der Waals surface area (Å²) in [6.45, 7) is 4.23. The SMILES string of the molecule is Cc1ccc(-c2nnc(CCC(=O)N3CC(C(=O)N4CCOCC4)Oc4ccccc43)o2)cc1. The topological polar surface area (TPSA) is 98.0 Å². The molecule has 2 amide bonds. The Morgan fingerprint density at radius 3 is 2.59 bits per heavy atom. The molecule has 2 aliphatic heterocycles. The summed E-state index contributed by atoms with van der Waals surface area (Å²) < 4.78 is 17.1. The lowest BCUT2D eigenvalue weighted by Crippen LogP contribution is -2.54. The molecule has 9 nitrogen and oxygen atoms in total. The van der Waals surface area contributed by atoms with Gasteiger partial charge in [-0.3, -0.25) is 9.59 Å². The van der Waals surface area contributed by atoms with Gasteiger partial charge in [0.25, 0.3) is 5.91 Å². The van der Waals surface area contributed by atoms with Crippen molar-refractivity contribution >= 4 is 17.5 Å². The number of nitrogens with zero attached hydrogens (tertiary/aromatic N) is 4. The highest BCUT2D eigenvalue weighted by Crippen LogP contribution is 2.34. The Kier molecular flexibility index (Phi) is 6.27. The molecule has 0 aliphatic carbocycles. The maximum absolute atomic E-state index is 13.2. The van der Waals surface area contributed by atoms with Crippen LogP contribution in [0.4, 0.5) is 5.69 Å². The van der Waals surface area contributed by atoms with Crippen LogP contribution < -0.4 is 9.64 Å². The first-order valence-electron chi connectivity index (χ1n) is 11.4. The molecule has 2 aliphatic rings. The number of hydrogen-bond donors (Lipinski definition) is 0. The summed E-state index contributed by atoms with van der Waals surface area (Å²) in [5.41, 5.74) is 2.64. The van der Waals surface area contributed by atoms with Gasteiger partial charge in [-0.15, -0.1) is 10.2 Å². The summed E-state index contributed by atoms with van der Waals surface area (Å²) in [7, 11) is 0. The molecule has 0 saturated carbocycles. The first-order chi connectivity index (χ1) is 16.6. The molecular weight excluding hydrogens is 436 g/mol. The number of anilines is 1. The van der Waals surface area contributed by atoms with Gasteiger partial charge in [0.2, 0.25) is 17.7 Å². The third-order valence-corrected chi connectivity index (χ3v) is 5.99. The average molecular weight is 463 g/mol. The summed E-state index contributed by atoms with van der Waals surface area (Å²) in [5.74, 6) is 1.08. The van der Waals surface area contributed by atoms with E-state index >= 15 is 0 Å². The molecule has 1 saturated heterocycles. The van der Waals surface area contributed by atoms with Crippen molar-refractivity contribution in [2.45, 2.75) is 25.9 Å². The maximum Gasteiger partial charge on any atom is 0.265 e. The monoisotopic (exact) mass is 462 g/mol. The van der Waals surface area contributed by atoms with Gasteiger partial charge < -0.3 is 23.7 Å². The number of aryl methyl sites for hydroxylation is 2. The summed E-state index contributed by atoms with van der Waals surface area (Å²) in [6.07, 6.45) is -0.282. The molecule has 0 bridgehead atoms. The zero-order valence-electron chi connectivity index (χ0n) is 19.0. The number of rotatable bonds is 5. The molecule has 1 fully saturated rings. The molecule has 5 rings (SSSR count). The number of ether oxygens (including phenoxy) is 2. The molecule has 1 atom stereocenters. The van der Waals surface area contributed by atoms with Crippen LogP contribution in [0.3, 0.4) is 0 Å². The predicted molar refractivity (Wildman–Crippen MR) is 123 cm³/mol. The second kappa shape index (κ2) is 9.64. The molecule has 3 aromatic rings. The summed E-state index contributed by atoms with van der Waals surface area (Å²) in [6, 6.07) is 15.1. The van der Waals surface area contributed by atoms with E-state index in [1.165, 1.54) is 0 Å². The summed E-state index contributed by atoms with van der Waals surface area (Å²) in [5, 5.41) is 8.20. The number of morpholine rings is 1. The smallest absolute Gasteiger partial charge is 0.265 e. The van der Waals surface area contributed by atoms with E-state index in [0.717, 1.165) is 11.1 Å². The minimum Gasteiger partial charge on any atom is -0.476 e. The molecule has 1 unspecified atom stereocenters. The zero-order chi connectivity index (χ0) is 23.5. The number of para-hydroxylation sites is 2. The van der Waals surface area contributed by atoms with Crippen molar-refractivity contribution in [3.63, 3.8) is 0 Å². The van der Waals surface area contributed by atoms with E-state index in [4.69, 9.17) is 13.9 Å². The highest BCUT2D eigenvalue weighted by atomic mass is 16.5. The number of hydrogen-bond acceptors (Lipinski definition) is 7. The quantitative estimate of drug-likeness (QED) is 0.575. The van der Waals surface area contributed by atoms with Crippen LogP contribution in [0.15, 0.2) is 52.9 Å². The first-order valence-corrected chi connectivity index (χ1v) is 11.4. The molecule has 2 aromatic carbocycles. The molecule has 176 valence electrons. The normalized spacial score (nSPS) is 17.7. The van der Waals surface area contributed by atoms with Gasteiger partial charge in [-0.2, -0.15) is 0 Å². The molecule has 34 heavy (non-hydrogen) atoms. The van der Waals surface area contributed by atoms with Crippen LogP contribution in [0, 0.1) is 6.92 Å². The third-order valence-electron chi connectivity index (χ3n) is 5.99. The lowest BCUT2D eigenvalue weighted by molar-refractivity contribution is -0.142.